The van der Waals surface area contributed by atoms with Crippen LogP contribution in [0.5, 0.6) is 11.5 Å². The first-order valence-electron chi connectivity index (χ1n) is 10.3. The van der Waals surface area contributed by atoms with Crippen molar-refractivity contribution in [3.05, 3.63) is 53.1 Å². The number of rotatable bonds is 7. The first-order chi connectivity index (χ1) is 14.6. The molecule has 1 aromatic heterocycles. The summed E-state index contributed by atoms with van der Waals surface area (Å²) in [7, 11) is 0. The van der Waals surface area contributed by atoms with E-state index in [2.05, 4.69) is 16.4 Å². The van der Waals surface area contributed by atoms with E-state index in [9.17, 15) is 4.79 Å². The molecule has 30 heavy (non-hydrogen) atoms. The highest BCUT2D eigenvalue weighted by Crippen LogP contribution is 2.32. The molecule has 158 valence electrons. The number of hydrogen-bond acceptors (Lipinski definition) is 4. The summed E-state index contributed by atoms with van der Waals surface area (Å²) in [6, 6.07) is 13.5. The molecule has 6 nitrogen and oxygen atoms in total. The van der Waals surface area contributed by atoms with E-state index >= 15 is 0 Å². The predicted octanol–water partition coefficient (Wildman–Crippen LogP) is 4.95. The van der Waals surface area contributed by atoms with Gasteiger partial charge in [-0.15, -0.1) is 0 Å². The van der Waals surface area contributed by atoms with Gasteiger partial charge < -0.3 is 24.7 Å². The molecule has 0 radical (unpaired) electrons. The van der Waals surface area contributed by atoms with Crippen LogP contribution in [0.3, 0.4) is 0 Å². The molecule has 2 N–H and O–H groups in total. The second-order valence-corrected chi connectivity index (χ2v) is 7.73. The van der Waals surface area contributed by atoms with Gasteiger partial charge in [-0.3, -0.25) is 4.79 Å². The van der Waals surface area contributed by atoms with Gasteiger partial charge in [0.15, 0.2) is 0 Å². The fraction of sp³-hybridized carbons (Fsp3) is 0.348. The quantitative estimate of drug-likeness (QED) is 0.560. The number of nitrogens with one attached hydrogen (secondary N) is 2. The molecule has 2 heterocycles. The summed E-state index contributed by atoms with van der Waals surface area (Å²) in [5.74, 6) is 2.00. The van der Waals surface area contributed by atoms with Crippen LogP contribution >= 0.6 is 11.6 Å². The normalized spacial score (nSPS) is 16.1. The lowest BCUT2D eigenvalue weighted by Crippen LogP contribution is -2.32. The van der Waals surface area contributed by atoms with E-state index in [1.807, 2.05) is 55.1 Å². The fourth-order valence-corrected chi connectivity index (χ4v) is 4.06. The minimum absolute atomic E-state index is 0.0600. The predicted molar refractivity (Wildman–Crippen MR) is 120 cm³/mol. The van der Waals surface area contributed by atoms with E-state index < -0.39 is 0 Å². The van der Waals surface area contributed by atoms with Crippen LogP contribution in [-0.2, 0) is 0 Å². The van der Waals surface area contributed by atoms with Crippen molar-refractivity contribution in [1.29, 1.82) is 0 Å². The summed E-state index contributed by atoms with van der Waals surface area (Å²) in [5.41, 5.74) is 1.49. The number of carbonyl (C=O) groups is 1. The Hall–Kier alpha value is -2.86. The van der Waals surface area contributed by atoms with Crippen LogP contribution in [0, 0.1) is 0 Å². The molecule has 2 aromatic carbocycles. The molecule has 7 heteroatoms. The third kappa shape index (κ3) is 4.19. The van der Waals surface area contributed by atoms with Gasteiger partial charge in [0.05, 0.1) is 13.2 Å². The van der Waals surface area contributed by atoms with Gasteiger partial charge in [0.2, 0.25) is 0 Å². The third-order valence-electron chi connectivity index (χ3n) is 5.22. The number of hydrogen-bond donors (Lipinski definition) is 2. The minimum Gasteiger partial charge on any atom is -0.493 e. The summed E-state index contributed by atoms with van der Waals surface area (Å²) in [4.78, 5) is 18.5. The zero-order chi connectivity index (χ0) is 21.1. The minimum atomic E-state index is -0.0600. The average molecular weight is 428 g/mol. The van der Waals surface area contributed by atoms with Gasteiger partial charge in [-0.25, -0.2) is 0 Å². The first kappa shape index (κ1) is 20.4. The van der Waals surface area contributed by atoms with E-state index in [-0.39, 0.29) is 11.9 Å². The number of aromatic nitrogens is 1. The molecule has 1 aliphatic rings. The van der Waals surface area contributed by atoms with Crippen molar-refractivity contribution >= 4 is 34.2 Å². The molecule has 1 saturated heterocycles. The van der Waals surface area contributed by atoms with E-state index in [4.69, 9.17) is 21.1 Å². The summed E-state index contributed by atoms with van der Waals surface area (Å²) < 4.78 is 11.4. The number of likely N-dealkylation sites (tertiary alicyclic amines) is 1. The largest absolute Gasteiger partial charge is 0.493 e. The van der Waals surface area contributed by atoms with Gasteiger partial charge >= 0.3 is 0 Å². The smallest absolute Gasteiger partial charge is 0.261 e. The number of ether oxygens (including phenoxy) is 2. The van der Waals surface area contributed by atoms with Crippen LogP contribution in [0.25, 0.3) is 10.9 Å². The fourth-order valence-electron chi connectivity index (χ4n) is 3.89. The monoisotopic (exact) mass is 427 g/mol. The maximum absolute atomic E-state index is 13.3. The second-order valence-electron chi connectivity index (χ2n) is 7.29. The summed E-state index contributed by atoms with van der Waals surface area (Å²) in [6.07, 6.45) is 0.864. The molecular formula is C23H26ClN3O3. The van der Waals surface area contributed by atoms with E-state index in [1.54, 1.807) is 0 Å². The van der Waals surface area contributed by atoms with Gasteiger partial charge in [0.25, 0.3) is 5.91 Å². The number of anilines is 1. The highest BCUT2D eigenvalue weighted by atomic mass is 35.5. The Morgan fingerprint density at radius 2 is 1.90 bits per heavy atom. The average Bonchev–Trinajstić information content (AvgIpc) is 3.35. The summed E-state index contributed by atoms with van der Waals surface area (Å²) >= 11 is 6.08. The molecule has 0 bridgehead atoms. The third-order valence-corrected chi connectivity index (χ3v) is 5.46. The van der Waals surface area contributed by atoms with E-state index in [0.29, 0.717) is 48.4 Å². The first-order valence-corrected chi connectivity index (χ1v) is 10.7. The SMILES string of the molecule is CCOc1cccc(OCC)c1C(=O)N1CC[C@@H](Nc2cc3ccc(Cl)cc3[nH]2)C1. The lowest BCUT2D eigenvalue weighted by atomic mass is 10.1. The Morgan fingerprint density at radius 1 is 1.17 bits per heavy atom. The molecule has 1 amide bonds. The molecule has 0 saturated carbocycles. The second kappa shape index (κ2) is 8.88. The van der Waals surface area contributed by atoms with E-state index in [0.717, 1.165) is 23.1 Å². The number of carbonyl (C=O) groups excluding carboxylic acids is 1. The number of benzene rings is 2. The molecule has 0 unspecified atom stereocenters. The standard InChI is InChI=1S/C23H26ClN3O3/c1-3-29-19-6-5-7-20(30-4-2)22(19)23(28)27-11-10-17(14-27)25-21-12-15-8-9-16(24)13-18(15)26-21/h5-9,12-13,17,25-26H,3-4,10-11,14H2,1-2H3/t17-/m1/s1. The van der Waals surface area contributed by atoms with Gasteiger partial charge in [-0.1, -0.05) is 23.7 Å². The number of fused-ring (bicyclic) bond motifs is 1. The zero-order valence-electron chi connectivity index (χ0n) is 17.2. The molecule has 1 atom stereocenters. The van der Waals surface area contributed by atoms with Crippen molar-refractivity contribution in [2.75, 3.05) is 31.6 Å². The molecular weight excluding hydrogens is 402 g/mol. The summed E-state index contributed by atoms with van der Waals surface area (Å²) in [5, 5.41) is 5.31. The Kier molecular flexibility index (Phi) is 6.04. The Balaban J connectivity index is 1.49. The Labute approximate surface area is 181 Å². The molecule has 0 spiro atoms. The van der Waals surface area contributed by atoms with Crippen molar-refractivity contribution in [3.63, 3.8) is 0 Å². The maximum atomic E-state index is 13.3. The van der Waals surface area contributed by atoms with Crippen LogP contribution in [0.4, 0.5) is 5.82 Å². The maximum Gasteiger partial charge on any atom is 0.261 e. The van der Waals surface area contributed by atoms with Crippen molar-refractivity contribution in [3.8, 4) is 11.5 Å². The molecule has 0 aliphatic carbocycles. The number of nitrogens with zero attached hydrogens (tertiary/aromatic N) is 1. The van der Waals surface area contributed by atoms with Gasteiger partial charge in [-0.05, 0) is 50.6 Å². The molecule has 1 fully saturated rings. The van der Waals surface area contributed by atoms with Crippen LogP contribution in [0.15, 0.2) is 42.5 Å². The van der Waals surface area contributed by atoms with Crippen LogP contribution < -0.4 is 14.8 Å². The number of aromatic amines is 1. The highest BCUT2D eigenvalue weighted by molar-refractivity contribution is 6.31. The molecule has 3 aromatic rings. The van der Waals surface area contributed by atoms with Gasteiger partial charge in [0, 0.05) is 35.1 Å². The number of halogens is 1. The van der Waals surface area contributed by atoms with Crippen LogP contribution in [0.1, 0.15) is 30.6 Å². The lowest BCUT2D eigenvalue weighted by Gasteiger charge is -2.21. The van der Waals surface area contributed by atoms with Crippen LogP contribution in [-0.4, -0.2) is 48.1 Å². The van der Waals surface area contributed by atoms with Crippen molar-refractivity contribution < 1.29 is 14.3 Å². The topological polar surface area (TPSA) is 66.6 Å². The Morgan fingerprint density at radius 3 is 2.60 bits per heavy atom. The number of H-pyrrole nitrogens is 1. The molecule has 1 aliphatic heterocycles. The van der Waals surface area contributed by atoms with Crippen molar-refractivity contribution in [2.24, 2.45) is 0 Å². The van der Waals surface area contributed by atoms with Crippen molar-refractivity contribution in [2.45, 2.75) is 26.3 Å². The van der Waals surface area contributed by atoms with E-state index in [1.165, 1.54) is 0 Å². The van der Waals surface area contributed by atoms with Crippen LogP contribution in [0.2, 0.25) is 5.02 Å². The number of amides is 1. The zero-order valence-corrected chi connectivity index (χ0v) is 18.0. The Bertz CT molecular complexity index is 1030. The van der Waals surface area contributed by atoms with Gasteiger partial charge in [0.1, 0.15) is 22.9 Å². The van der Waals surface area contributed by atoms with Gasteiger partial charge in [-0.2, -0.15) is 0 Å². The lowest BCUT2D eigenvalue weighted by molar-refractivity contribution is 0.0783. The molecule has 4 rings (SSSR count). The summed E-state index contributed by atoms with van der Waals surface area (Å²) in [6.45, 7) is 6.08. The highest BCUT2D eigenvalue weighted by Gasteiger charge is 2.30. The van der Waals surface area contributed by atoms with Crippen molar-refractivity contribution in [1.82, 2.24) is 9.88 Å².